The minimum atomic E-state index is -1.52. The SMILES string of the molecule is CC1(C)CCCN1CCOC(=O)[C@](O)(c1ccccc1)C1CCCC1. The number of hydrogen-bond donors (Lipinski definition) is 1. The van der Waals surface area contributed by atoms with Gasteiger partial charge in [-0.3, -0.25) is 4.90 Å². The number of aliphatic hydroxyl groups is 1. The molecule has 2 fully saturated rings. The van der Waals surface area contributed by atoms with Gasteiger partial charge in [0.15, 0.2) is 5.60 Å². The Morgan fingerprint density at radius 3 is 2.52 bits per heavy atom. The fraction of sp³-hybridized carbons (Fsp3) is 0.667. The van der Waals surface area contributed by atoms with Gasteiger partial charge in [0.1, 0.15) is 6.61 Å². The summed E-state index contributed by atoms with van der Waals surface area (Å²) in [7, 11) is 0. The Bertz CT molecular complexity index is 580. The van der Waals surface area contributed by atoms with Crippen LogP contribution in [0.1, 0.15) is 57.9 Å². The molecule has 4 heteroatoms. The Morgan fingerprint density at radius 2 is 1.92 bits per heavy atom. The molecule has 1 aliphatic carbocycles. The summed E-state index contributed by atoms with van der Waals surface area (Å²) in [6, 6.07) is 9.32. The third-order valence-corrected chi connectivity index (χ3v) is 6.14. The second-order valence-corrected chi connectivity index (χ2v) is 8.15. The largest absolute Gasteiger partial charge is 0.462 e. The highest BCUT2D eigenvalue weighted by molar-refractivity contribution is 5.81. The molecule has 1 aliphatic heterocycles. The zero-order valence-electron chi connectivity index (χ0n) is 15.5. The van der Waals surface area contributed by atoms with Crippen molar-refractivity contribution >= 4 is 5.97 Å². The lowest BCUT2D eigenvalue weighted by molar-refractivity contribution is -0.174. The normalized spacial score (nSPS) is 23.5. The van der Waals surface area contributed by atoms with E-state index in [1.807, 2.05) is 30.3 Å². The van der Waals surface area contributed by atoms with Crippen LogP contribution in [0.25, 0.3) is 0 Å². The summed E-state index contributed by atoms with van der Waals surface area (Å²) >= 11 is 0. The van der Waals surface area contributed by atoms with Crippen LogP contribution >= 0.6 is 0 Å². The number of likely N-dealkylation sites (tertiary alicyclic amines) is 1. The first-order valence-electron chi connectivity index (χ1n) is 9.65. The number of carbonyl (C=O) groups excluding carboxylic acids is 1. The summed E-state index contributed by atoms with van der Waals surface area (Å²) in [6.45, 7) is 6.59. The smallest absolute Gasteiger partial charge is 0.343 e. The van der Waals surface area contributed by atoms with E-state index in [0.29, 0.717) is 12.2 Å². The molecule has 0 aromatic heterocycles. The summed E-state index contributed by atoms with van der Waals surface area (Å²) < 4.78 is 5.60. The Morgan fingerprint density at radius 1 is 1.24 bits per heavy atom. The molecule has 0 amide bonds. The van der Waals surface area contributed by atoms with E-state index >= 15 is 0 Å². The van der Waals surface area contributed by atoms with Gasteiger partial charge in [0.2, 0.25) is 0 Å². The van der Waals surface area contributed by atoms with E-state index < -0.39 is 11.6 Å². The predicted octanol–water partition coefficient (Wildman–Crippen LogP) is 3.48. The Kier molecular flexibility index (Phi) is 5.49. The van der Waals surface area contributed by atoms with Gasteiger partial charge in [-0.25, -0.2) is 4.79 Å². The third-order valence-electron chi connectivity index (χ3n) is 6.14. The molecule has 0 radical (unpaired) electrons. The fourth-order valence-corrected chi connectivity index (χ4v) is 4.49. The van der Waals surface area contributed by atoms with E-state index in [0.717, 1.165) is 38.8 Å². The third kappa shape index (κ3) is 3.75. The first-order chi connectivity index (χ1) is 11.9. The summed E-state index contributed by atoms with van der Waals surface area (Å²) in [5.74, 6) is -0.534. The molecular weight excluding hydrogens is 314 g/mol. The highest BCUT2D eigenvalue weighted by atomic mass is 16.5. The van der Waals surface area contributed by atoms with Gasteiger partial charge < -0.3 is 9.84 Å². The van der Waals surface area contributed by atoms with E-state index in [9.17, 15) is 9.90 Å². The zero-order chi connectivity index (χ0) is 17.9. The van der Waals surface area contributed by atoms with Crippen LogP contribution in [-0.2, 0) is 15.1 Å². The molecule has 1 saturated carbocycles. The van der Waals surface area contributed by atoms with Gasteiger partial charge in [0.25, 0.3) is 0 Å². The molecule has 3 rings (SSSR count). The summed E-state index contributed by atoms with van der Waals surface area (Å²) in [4.78, 5) is 15.3. The summed E-state index contributed by atoms with van der Waals surface area (Å²) in [5.41, 5.74) is -0.681. The molecule has 0 unspecified atom stereocenters. The maximum absolute atomic E-state index is 12.9. The second kappa shape index (κ2) is 7.46. The molecule has 4 nitrogen and oxygen atoms in total. The van der Waals surface area contributed by atoms with E-state index in [4.69, 9.17) is 4.74 Å². The number of benzene rings is 1. The minimum Gasteiger partial charge on any atom is -0.462 e. The number of ether oxygens (including phenoxy) is 1. The van der Waals surface area contributed by atoms with Gasteiger partial charge in [-0.2, -0.15) is 0 Å². The lowest BCUT2D eigenvalue weighted by atomic mass is 9.80. The van der Waals surface area contributed by atoms with E-state index in [1.165, 1.54) is 12.8 Å². The molecule has 1 saturated heterocycles. The first kappa shape index (κ1) is 18.4. The number of hydrogen-bond acceptors (Lipinski definition) is 4. The van der Waals surface area contributed by atoms with Gasteiger partial charge in [0.05, 0.1) is 0 Å². The number of carbonyl (C=O) groups is 1. The number of rotatable bonds is 6. The average molecular weight is 345 g/mol. The molecule has 1 N–H and O–H groups in total. The fourth-order valence-electron chi connectivity index (χ4n) is 4.49. The van der Waals surface area contributed by atoms with Crippen LogP contribution < -0.4 is 0 Å². The highest BCUT2D eigenvalue weighted by Crippen LogP contribution is 2.41. The average Bonchev–Trinajstić information content (AvgIpc) is 3.25. The quantitative estimate of drug-likeness (QED) is 0.802. The number of esters is 1. The van der Waals surface area contributed by atoms with Crippen LogP contribution in [0.15, 0.2) is 30.3 Å². The van der Waals surface area contributed by atoms with Crippen LogP contribution in [-0.4, -0.2) is 41.2 Å². The molecule has 0 spiro atoms. The first-order valence-corrected chi connectivity index (χ1v) is 9.65. The standard InChI is InChI=1S/C21H31NO3/c1-20(2)13-8-14-22(20)15-16-25-19(23)21(24,18-11-6-7-12-18)17-9-4-3-5-10-17/h3-5,9-10,18,24H,6-8,11-16H2,1-2H3/t21-/m0/s1. The predicted molar refractivity (Wildman–Crippen MR) is 98.1 cm³/mol. The molecule has 2 aliphatic rings. The number of nitrogens with zero attached hydrogens (tertiary/aromatic N) is 1. The summed E-state index contributed by atoms with van der Waals surface area (Å²) in [6.07, 6.45) is 6.25. The van der Waals surface area contributed by atoms with Gasteiger partial charge in [-0.15, -0.1) is 0 Å². The Balaban J connectivity index is 1.67. The van der Waals surface area contributed by atoms with Crippen molar-refractivity contribution in [1.29, 1.82) is 0 Å². The van der Waals surface area contributed by atoms with Crippen molar-refractivity contribution in [3.63, 3.8) is 0 Å². The van der Waals surface area contributed by atoms with Crippen molar-refractivity contribution in [2.75, 3.05) is 19.7 Å². The lowest BCUT2D eigenvalue weighted by Gasteiger charge is -2.34. The maximum Gasteiger partial charge on any atom is 0.343 e. The van der Waals surface area contributed by atoms with Crippen molar-refractivity contribution in [2.24, 2.45) is 5.92 Å². The van der Waals surface area contributed by atoms with Gasteiger partial charge in [0, 0.05) is 18.0 Å². The maximum atomic E-state index is 12.9. The van der Waals surface area contributed by atoms with Crippen LogP contribution in [0.2, 0.25) is 0 Å². The molecule has 1 aromatic carbocycles. The molecule has 25 heavy (non-hydrogen) atoms. The zero-order valence-corrected chi connectivity index (χ0v) is 15.5. The van der Waals surface area contributed by atoms with Crippen molar-refractivity contribution in [3.8, 4) is 0 Å². The van der Waals surface area contributed by atoms with Gasteiger partial charge >= 0.3 is 5.97 Å². The van der Waals surface area contributed by atoms with Crippen LogP contribution in [0.3, 0.4) is 0 Å². The Labute approximate surface area is 151 Å². The van der Waals surface area contributed by atoms with Crippen molar-refractivity contribution in [3.05, 3.63) is 35.9 Å². The molecular formula is C21H31NO3. The van der Waals surface area contributed by atoms with E-state index in [-0.39, 0.29) is 11.5 Å². The molecule has 1 heterocycles. The van der Waals surface area contributed by atoms with Crippen molar-refractivity contribution in [2.45, 2.75) is 63.5 Å². The molecule has 1 atom stereocenters. The molecule has 138 valence electrons. The topological polar surface area (TPSA) is 49.8 Å². The monoisotopic (exact) mass is 345 g/mol. The van der Waals surface area contributed by atoms with Crippen LogP contribution in [0.5, 0.6) is 0 Å². The van der Waals surface area contributed by atoms with Crippen LogP contribution in [0.4, 0.5) is 0 Å². The van der Waals surface area contributed by atoms with Crippen molar-refractivity contribution in [1.82, 2.24) is 4.90 Å². The van der Waals surface area contributed by atoms with Gasteiger partial charge in [-0.05, 0) is 51.6 Å². The highest BCUT2D eigenvalue weighted by Gasteiger charge is 2.47. The van der Waals surface area contributed by atoms with E-state index in [1.54, 1.807) is 0 Å². The Hall–Kier alpha value is -1.39. The lowest BCUT2D eigenvalue weighted by Crippen LogP contribution is -2.45. The summed E-state index contributed by atoms with van der Waals surface area (Å²) in [5, 5.41) is 11.4. The molecule has 1 aromatic rings. The van der Waals surface area contributed by atoms with Gasteiger partial charge in [-0.1, -0.05) is 43.2 Å². The molecule has 0 bridgehead atoms. The van der Waals surface area contributed by atoms with E-state index in [2.05, 4.69) is 18.7 Å². The second-order valence-electron chi connectivity index (χ2n) is 8.15. The van der Waals surface area contributed by atoms with Crippen LogP contribution in [0, 0.1) is 5.92 Å². The minimum absolute atomic E-state index is 0.0503. The van der Waals surface area contributed by atoms with Crippen molar-refractivity contribution < 1.29 is 14.6 Å².